The quantitative estimate of drug-likeness (QED) is 0.581. The lowest BCUT2D eigenvalue weighted by Gasteiger charge is -2.12. The van der Waals surface area contributed by atoms with E-state index < -0.39 is 11.0 Å². The van der Waals surface area contributed by atoms with E-state index >= 15 is 0 Å². The molecule has 0 N–H and O–H groups in total. The lowest BCUT2D eigenvalue weighted by atomic mass is 10.1. The molecule has 3 nitrogen and oxygen atoms in total. The van der Waals surface area contributed by atoms with Gasteiger partial charge in [-0.25, -0.2) is 4.21 Å². The van der Waals surface area contributed by atoms with Crippen molar-refractivity contribution in [1.82, 2.24) is 0 Å². The van der Waals surface area contributed by atoms with Crippen molar-refractivity contribution in [3.8, 4) is 11.5 Å². The third-order valence-electron chi connectivity index (χ3n) is 3.66. The van der Waals surface area contributed by atoms with Crippen LogP contribution in [-0.4, -0.2) is 15.2 Å². The molecule has 3 aromatic rings. The minimum Gasteiger partial charge on any atom is -0.457 e. The molecule has 3 aromatic carbocycles. The van der Waals surface area contributed by atoms with E-state index in [1.54, 1.807) is 6.21 Å². The first-order valence-electron chi connectivity index (χ1n) is 8.15. The zero-order valence-corrected chi connectivity index (χ0v) is 15.4. The Hall–Kier alpha value is -2.46. The topological polar surface area (TPSA) is 38.7 Å². The molecule has 0 fully saturated rings. The maximum Gasteiger partial charge on any atom is 0.144 e. The fourth-order valence-corrected chi connectivity index (χ4v) is 2.79. The summed E-state index contributed by atoms with van der Waals surface area (Å²) in [5.74, 6) is 1.55. The number of hydrogen-bond acceptors (Lipinski definition) is 2. The molecule has 0 amide bonds. The van der Waals surface area contributed by atoms with E-state index in [9.17, 15) is 4.21 Å². The molecule has 0 saturated carbocycles. The van der Waals surface area contributed by atoms with Crippen LogP contribution >= 0.6 is 0 Å². The summed E-state index contributed by atoms with van der Waals surface area (Å²) in [5.41, 5.74) is 0.892. The van der Waals surface area contributed by atoms with Gasteiger partial charge in [0.05, 0.1) is 4.75 Å². The Morgan fingerprint density at radius 1 is 0.880 bits per heavy atom. The van der Waals surface area contributed by atoms with E-state index in [2.05, 4.69) is 16.5 Å². The highest BCUT2D eigenvalue weighted by molar-refractivity contribution is 7.85. The van der Waals surface area contributed by atoms with Crippen LogP contribution in [0.4, 0.5) is 0 Å². The summed E-state index contributed by atoms with van der Waals surface area (Å²) >= 11 is 0. The predicted octanol–water partition coefficient (Wildman–Crippen LogP) is 5.51. The minimum absolute atomic E-state index is 0.352. The van der Waals surface area contributed by atoms with Crippen molar-refractivity contribution >= 4 is 28.0 Å². The first kappa shape index (κ1) is 17.4. The predicted molar refractivity (Wildman–Crippen MR) is 106 cm³/mol. The molecule has 0 saturated heterocycles. The first-order chi connectivity index (χ1) is 11.9. The SMILES string of the molecule is CC(C)(C)[S@@](=O)N=Cc1ccc(Oc2ccc3ccccc3c2)cc1. The number of hydrogen-bond donors (Lipinski definition) is 0. The molecule has 25 heavy (non-hydrogen) atoms. The number of rotatable bonds is 4. The standard InChI is InChI=1S/C21H21NO2S/c1-21(2,3)25(23)22-15-16-8-11-19(12-9-16)24-20-13-10-17-6-4-5-7-18(17)14-20/h4-15H,1-3H3/t25-/m1/s1. The van der Waals surface area contributed by atoms with Crippen LogP contribution in [-0.2, 0) is 11.0 Å². The van der Waals surface area contributed by atoms with E-state index in [4.69, 9.17) is 4.74 Å². The van der Waals surface area contributed by atoms with Crippen molar-refractivity contribution in [2.24, 2.45) is 4.40 Å². The van der Waals surface area contributed by atoms with Gasteiger partial charge < -0.3 is 4.74 Å². The number of ether oxygens (including phenoxy) is 1. The van der Waals surface area contributed by atoms with Crippen LogP contribution in [0.3, 0.4) is 0 Å². The maximum atomic E-state index is 11.9. The van der Waals surface area contributed by atoms with Crippen molar-refractivity contribution < 1.29 is 8.95 Å². The van der Waals surface area contributed by atoms with Gasteiger partial charge in [0, 0.05) is 6.21 Å². The van der Waals surface area contributed by atoms with Crippen molar-refractivity contribution in [1.29, 1.82) is 0 Å². The molecule has 128 valence electrons. The molecular formula is C21H21NO2S. The van der Waals surface area contributed by atoms with Gasteiger partial charge in [0.2, 0.25) is 0 Å². The van der Waals surface area contributed by atoms with Crippen LogP contribution in [0, 0.1) is 0 Å². The summed E-state index contributed by atoms with van der Waals surface area (Å²) in [6, 6.07) is 21.8. The van der Waals surface area contributed by atoms with Gasteiger partial charge in [-0.2, -0.15) is 4.40 Å². The van der Waals surface area contributed by atoms with E-state index in [1.165, 1.54) is 5.39 Å². The molecule has 0 aliphatic heterocycles. The number of fused-ring (bicyclic) bond motifs is 1. The lowest BCUT2D eigenvalue weighted by Crippen LogP contribution is -2.19. The van der Waals surface area contributed by atoms with Crippen LogP contribution in [0.5, 0.6) is 11.5 Å². The normalized spacial score (nSPS) is 13.2. The Kier molecular flexibility index (Phi) is 5.00. The molecular weight excluding hydrogens is 330 g/mol. The van der Waals surface area contributed by atoms with Gasteiger partial charge in [0.1, 0.15) is 22.5 Å². The fourth-order valence-electron chi connectivity index (χ4n) is 2.26. The highest BCUT2D eigenvalue weighted by Gasteiger charge is 2.18. The minimum atomic E-state index is -1.25. The van der Waals surface area contributed by atoms with E-state index in [0.29, 0.717) is 0 Å². The molecule has 0 radical (unpaired) electrons. The molecule has 0 aliphatic carbocycles. The summed E-state index contributed by atoms with van der Waals surface area (Å²) < 4.78 is 21.6. The fraction of sp³-hybridized carbons (Fsp3) is 0.190. The van der Waals surface area contributed by atoms with E-state index in [1.807, 2.05) is 75.4 Å². The molecule has 1 atom stereocenters. The first-order valence-corrected chi connectivity index (χ1v) is 9.25. The van der Waals surface area contributed by atoms with Crippen LogP contribution < -0.4 is 4.74 Å². The van der Waals surface area contributed by atoms with Gasteiger partial charge in [0.25, 0.3) is 0 Å². The average Bonchev–Trinajstić information content (AvgIpc) is 2.60. The molecule has 0 aromatic heterocycles. The molecule has 0 unspecified atom stereocenters. The van der Waals surface area contributed by atoms with Crippen LogP contribution in [0.25, 0.3) is 10.8 Å². The Labute approximate surface area is 151 Å². The van der Waals surface area contributed by atoms with Crippen molar-refractivity contribution in [2.75, 3.05) is 0 Å². The summed E-state index contributed by atoms with van der Waals surface area (Å²) in [7, 11) is -1.25. The van der Waals surface area contributed by atoms with Gasteiger partial charge in [-0.1, -0.05) is 30.3 Å². The van der Waals surface area contributed by atoms with Gasteiger partial charge in [0.15, 0.2) is 0 Å². The monoisotopic (exact) mass is 351 g/mol. The number of nitrogens with zero attached hydrogens (tertiary/aromatic N) is 1. The molecule has 0 bridgehead atoms. The summed E-state index contributed by atoms with van der Waals surface area (Å²) in [5, 5.41) is 2.33. The number of benzene rings is 3. The zero-order valence-electron chi connectivity index (χ0n) is 14.6. The second-order valence-electron chi connectivity index (χ2n) is 6.78. The van der Waals surface area contributed by atoms with Gasteiger partial charge in [-0.15, -0.1) is 0 Å². The van der Waals surface area contributed by atoms with E-state index in [-0.39, 0.29) is 4.75 Å². The Morgan fingerprint density at radius 3 is 2.20 bits per heavy atom. The van der Waals surface area contributed by atoms with Crippen molar-refractivity contribution in [2.45, 2.75) is 25.5 Å². The smallest absolute Gasteiger partial charge is 0.144 e. The second-order valence-corrected chi connectivity index (χ2v) is 8.71. The summed E-state index contributed by atoms with van der Waals surface area (Å²) in [6.07, 6.45) is 1.64. The third kappa shape index (κ3) is 4.54. The van der Waals surface area contributed by atoms with Gasteiger partial charge >= 0.3 is 0 Å². The average molecular weight is 351 g/mol. The highest BCUT2D eigenvalue weighted by atomic mass is 32.2. The van der Waals surface area contributed by atoms with Crippen molar-refractivity contribution in [3.63, 3.8) is 0 Å². The Morgan fingerprint density at radius 2 is 1.52 bits per heavy atom. The summed E-state index contributed by atoms with van der Waals surface area (Å²) in [4.78, 5) is 0. The second kappa shape index (κ2) is 7.19. The van der Waals surface area contributed by atoms with Crippen LogP contribution in [0.15, 0.2) is 71.1 Å². The van der Waals surface area contributed by atoms with Crippen LogP contribution in [0.1, 0.15) is 26.3 Å². The molecule has 4 heteroatoms. The zero-order chi connectivity index (χ0) is 17.9. The van der Waals surface area contributed by atoms with Crippen molar-refractivity contribution in [3.05, 3.63) is 72.3 Å². The maximum absolute atomic E-state index is 11.9. The van der Waals surface area contributed by atoms with Gasteiger partial charge in [-0.3, -0.25) is 0 Å². The third-order valence-corrected chi connectivity index (χ3v) is 5.00. The van der Waals surface area contributed by atoms with Gasteiger partial charge in [-0.05, 0) is 73.5 Å². The highest BCUT2D eigenvalue weighted by Crippen LogP contribution is 2.25. The Balaban J connectivity index is 1.71. The molecule has 0 spiro atoms. The summed E-state index contributed by atoms with van der Waals surface area (Å²) in [6.45, 7) is 5.71. The Bertz CT molecular complexity index is 925. The lowest BCUT2D eigenvalue weighted by molar-refractivity contribution is 0.483. The van der Waals surface area contributed by atoms with Crippen LogP contribution in [0.2, 0.25) is 0 Å². The molecule has 0 aliphatic rings. The molecule has 0 heterocycles. The largest absolute Gasteiger partial charge is 0.457 e. The molecule has 3 rings (SSSR count). The van der Waals surface area contributed by atoms with E-state index in [0.717, 1.165) is 22.4 Å².